The van der Waals surface area contributed by atoms with E-state index < -0.39 is 0 Å². The molecule has 0 aromatic heterocycles. The lowest BCUT2D eigenvalue weighted by molar-refractivity contribution is 0.135. The summed E-state index contributed by atoms with van der Waals surface area (Å²) in [5.74, 6) is 1.36. The van der Waals surface area contributed by atoms with E-state index in [1.807, 2.05) is 18.2 Å². The topological polar surface area (TPSA) is 68.8 Å². The number of carbonyl (C=O) groups is 1. The maximum absolute atomic E-state index is 11.9. The van der Waals surface area contributed by atoms with Gasteiger partial charge >= 0.3 is 6.03 Å². The van der Waals surface area contributed by atoms with Crippen LogP contribution in [0.25, 0.3) is 0 Å². The van der Waals surface area contributed by atoms with Gasteiger partial charge in [0.1, 0.15) is 13.2 Å². The van der Waals surface area contributed by atoms with Crippen molar-refractivity contribution in [3.8, 4) is 11.5 Å². The summed E-state index contributed by atoms with van der Waals surface area (Å²) in [6.45, 7) is 2.94. The number of rotatable bonds is 8. The molecule has 26 heavy (non-hydrogen) atoms. The van der Waals surface area contributed by atoms with E-state index in [0.717, 1.165) is 12.8 Å². The van der Waals surface area contributed by atoms with Crippen LogP contribution in [0.5, 0.6) is 11.5 Å². The van der Waals surface area contributed by atoms with Gasteiger partial charge < -0.3 is 24.8 Å². The van der Waals surface area contributed by atoms with Gasteiger partial charge in [-0.15, -0.1) is 0 Å². The van der Waals surface area contributed by atoms with Gasteiger partial charge in [0.05, 0.1) is 6.61 Å². The Morgan fingerprint density at radius 1 is 1.00 bits per heavy atom. The summed E-state index contributed by atoms with van der Waals surface area (Å²) in [6.07, 6.45) is 1.67. The number of hydrogen-bond acceptors (Lipinski definition) is 4. The largest absolute Gasteiger partial charge is 0.486 e. The maximum atomic E-state index is 11.9. The van der Waals surface area contributed by atoms with Gasteiger partial charge in [0.15, 0.2) is 11.5 Å². The molecular weight excluding hydrogens is 332 g/mol. The Morgan fingerprint density at radius 3 is 2.65 bits per heavy atom. The molecule has 0 saturated heterocycles. The molecule has 6 nitrogen and oxygen atoms in total. The van der Waals surface area contributed by atoms with E-state index in [0.29, 0.717) is 50.2 Å². The molecule has 2 aromatic carbocycles. The van der Waals surface area contributed by atoms with E-state index in [1.165, 1.54) is 5.56 Å². The molecule has 138 valence electrons. The van der Waals surface area contributed by atoms with Crippen molar-refractivity contribution >= 4 is 11.7 Å². The minimum Gasteiger partial charge on any atom is -0.486 e. The zero-order valence-electron chi connectivity index (χ0n) is 14.7. The molecule has 1 heterocycles. The van der Waals surface area contributed by atoms with Gasteiger partial charge in [0.2, 0.25) is 0 Å². The Balaban J connectivity index is 1.27. The molecule has 2 amide bonds. The first-order valence-electron chi connectivity index (χ1n) is 8.87. The van der Waals surface area contributed by atoms with E-state index in [9.17, 15) is 4.79 Å². The molecule has 1 aliphatic rings. The van der Waals surface area contributed by atoms with Gasteiger partial charge in [-0.1, -0.05) is 30.3 Å². The molecular formula is C20H24N2O4. The summed E-state index contributed by atoms with van der Waals surface area (Å²) in [5.41, 5.74) is 1.94. The van der Waals surface area contributed by atoms with Crippen molar-refractivity contribution in [1.82, 2.24) is 5.32 Å². The molecule has 6 heteroatoms. The van der Waals surface area contributed by atoms with E-state index in [4.69, 9.17) is 14.2 Å². The highest BCUT2D eigenvalue weighted by molar-refractivity contribution is 5.89. The first kappa shape index (κ1) is 18.1. The summed E-state index contributed by atoms with van der Waals surface area (Å²) < 4.78 is 16.6. The fraction of sp³-hybridized carbons (Fsp3) is 0.350. The van der Waals surface area contributed by atoms with Crippen LogP contribution >= 0.6 is 0 Å². The smallest absolute Gasteiger partial charge is 0.319 e. The third-order valence-electron chi connectivity index (χ3n) is 3.93. The predicted octanol–water partition coefficient (Wildman–Crippen LogP) is 3.23. The summed E-state index contributed by atoms with van der Waals surface area (Å²) in [5, 5.41) is 5.61. The molecule has 3 rings (SSSR count). The second-order valence-corrected chi connectivity index (χ2v) is 5.94. The van der Waals surface area contributed by atoms with Gasteiger partial charge in [-0.05, 0) is 30.5 Å². The quantitative estimate of drug-likeness (QED) is 0.713. The van der Waals surface area contributed by atoms with E-state index in [1.54, 1.807) is 18.2 Å². The minimum absolute atomic E-state index is 0.244. The van der Waals surface area contributed by atoms with Gasteiger partial charge in [-0.25, -0.2) is 4.79 Å². The predicted molar refractivity (Wildman–Crippen MR) is 100 cm³/mol. The van der Waals surface area contributed by atoms with Gasteiger partial charge in [0, 0.05) is 24.9 Å². The van der Waals surface area contributed by atoms with Gasteiger partial charge in [-0.3, -0.25) is 0 Å². The molecule has 0 saturated carbocycles. The molecule has 0 atom stereocenters. The van der Waals surface area contributed by atoms with Crippen molar-refractivity contribution in [3.05, 3.63) is 54.1 Å². The highest BCUT2D eigenvalue weighted by Crippen LogP contribution is 2.32. The summed E-state index contributed by atoms with van der Waals surface area (Å²) in [7, 11) is 0. The fourth-order valence-corrected chi connectivity index (χ4v) is 2.61. The second kappa shape index (κ2) is 9.68. The van der Waals surface area contributed by atoms with E-state index in [-0.39, 0.29) is 6.03 Å². The van der Waals surface area contributed by atoms with Crippen molar-refractivity contribution in [3.63, 3.8) is 0 Å². The number of urea groups is 1. The molecule has 0 aliphatic carbocycles. The number of benzene rings is 2. The van der Waals surface area contributed by atoms with E-state index in [2.05, 4.69) is 22.8 Å². The third kappa shape index (κ3) is 5.67. The van der Waals surface area contributed by atoms with Gasteiger partial charge in [0.25, 0.3) is 0 Å². The number of anilines is 1. The SMILES string of the molecule is O=C(NCCCOCCc1ccccc1)Nc1ccc2c(c1)OCCO2. The van der Waals surface area contributed by atoms with Crippen molar-refractivity contribution in [1.29, 1.82) is 0 Å². The first-order chi connectivity index (χ1) is 12.8. The molecule has 1 aliphatic heterocycles. The summed E-state index contributed by atoms with van der Waals surface area (Å²) in [4.78, 5) is 11.9. The number of amides is 2. The number of nitrogens with one attached hydrogen (secondary N) is 2. The van der Waals surface area contributed by atoms with Crippen LogP contribution in [0.1, 0.15) is 12.0 Å². The van der Waals surface area contributed by atoms with Gasteiger partial charge in [-0.2, -0.15) is 0 Å². The molecule has 0 fully saturated rings. The minimum atomic E-state index is -0.244. The Kier molecular flexibility index (Phi) is 6.73. The fourth-order valence-electron chi connectivity index (χ4n) is 2.61. The standard InChI is InChI=1S/C20H24N2O4/c23-20(22-17-7-8-18-19(15-17)26-14-13-25-18)21-10-4-11-24-12-9-16-5-2-1-3-6-16/h1-3,5-8,15H,4,9-14H2,(H2,21,22,23). The van der Waals surface area contributed by atoms with E-state index >= 15 is 0 Å². The number of hydrogen-bond donors (Lipinski definition) is 2. The van der Waals surface area contributed by atoms with Crippen molar-refractivity contribution < 1.29 is 19.0 Å². The van der Waals surface area contributed by atoms with Crippen LogP contribution in [0.2, 0.25) is 0 Å². The van der Waals surface area contributed by atoms with Crippen molar-refractivity contribution in [2.75, 3.05) is 38.3 Å². The average Bonchev–Trinajstić information content (AvgIpc) is 2.68. The Hall–Kier alpha value is -2.73. The third-order valence-corrected chi connectivity index (χ3v) is 3.93. The number of carbonyl (C=O) groups excluding carboxylic acids is 1. The number of ether oxygens (including phenoxy) is 3. The normalized spacial score (nSPS) is 12.5. The van der Waals surface area contributed by atoms with Crippen LogP contribution in [0.3, 0.4) is 0 Å². The molecule has 2 N–H and O–H groups in total. The lowest BCUT2D eigenvalue weighted by Crippen LogP contribution is -2.30. The molecule has 0 bridgehead atoms. The van der Waals surface area contributed by atoms with Crippen LogP contribution in [0, 0.1) is 0 Å². The Morgan fingerprint density at radius 2 is 1.81 bits per heavy atom. The van der Waals surface area contributed by atoms with Crippen LogP contribution in [-0.4, -0.2) is 39.0 Å². The van der Waals surface area contributed by atoms with Crippen molar-refractivity contribution in [2.45, 2.75) is 12.8 Å². The molecule has 2 aromatic rings. The zero-order chi connectivity index (χ0) is 18.0. The molecule has 0 unspecified atom stereocenters. The van der Waals surface area contributed by atoms with Crippen molar-refractivity contribution in [2.24, 2.45) is 0 Å². The monoisotopic (exact) mass is 356 g/mol. The highest BCUT2D eigenvalue weighted by Gasteiger charge is 2.12. The van der Waals surface area contributed by atoms with Crippen LogP contribution in [-0.2, 0) is 11.2 Å². The molecule has 0 radical (unpaired) electrons. The van der Waals surface area contributed by atoms with Crippen LogP contribution in [0.15, 0.2) is 48.5 Å². The first-order valence-corrected chi connectivity index (χ1v) is 8.87. The lowest BCUT2D eigenvalue weighted by Gasteiger charge is -2.19. The summed E-state index contributed by atoms with van der Waals surface area (Å²) >= 11 is 0. The number of fused-ring (bicyclic) bond motifs is 1. The van der Waals surface area contributed by atoms with Crippen LogP contribution < -0.4 is 20.1 Å². The second-order valence-electron chi connectivity index (χ2n) is 5.94. The Bertz CT molecular complexity index is 706. The Labute approximate surface area is 153 Å². The zero-order valence-corrected chi connectivity index (χ0v) is 14.7. The lowest BCUT2D eigenvalue weighted by atomic mass is 10.2. The molecule has 0 spiro atoms. The average molecular weight is 356 g/mol. The highest BCUT2D eigenvalue weighted by atomic mass is 16.6. The summed E-state index contributed by atoms with van der Waals surface area (Å²) in [6, 6.07) is 15.3. The maximum Gasteiger partial charge on any atom is 0.319 e. The van der Waals surface area contributed by atoms with Crippen LogP contribution in [0.4, 0.5) is 10.5 Å².